The Balaban J connectivity index is 1.82. The van der Waals surface area contributed by atoms with Gasteiger partial charge >= 0.3 is 0 Å². The minimum atomic E-state index is 0.300. The van der Waals surface area contributed by atoms with Crippen molar-refractivity contribution in [2.24, 2.45) is 5.73 Å². The lowest BCUT2D eigenvalue weighted by Gasteiger charge is -2.29. The first kappa shape index (κ1) is 11.4. The van der Waals surface area contributed by atoms with Gasteiger partial charge in [0.05, 0.1) is 12.2 Å². The van der Waals surface area contributed by atoms with E-state index in [1.807, 2.05) is 12.3 Å². The molecule has 0 aromatic carbocycles. The maximum absolute atomic E-state index is 5.88. The highest BCUT2D eigenvalue weighted by Gasteiger charge is 2.21. The molecule has 90 valence electrons. The van der Waals surface area contributed by atoms with Gasteiger partial charge in [0.15, 0.2) is 0 Å². The number of nitrogens with two attached hydrogens (primary N) is 1. The van der Waals surface area contributed by atoms with E-state index in [1.54, 1.807) is 0 Å². The zero-order chi connectivity index (χ0) is 11.4. The Morgan fingerprint density at radius 2 is 2.50 bits per heavy atom. The molecule has 2 rings (SSSR count). The number of aromatic nitrogens is 2. The molecule has 1 unspecified atom stereocenters. The molecule has 0 aliphatic carbocycles. The third-order valence-electron chi connectivity index (χ3n) is 3.12. The number of rotatable bonds is 6. The molecule has 16 heavy (non-hydrogen) atoms. The molecular formula is C11H21N5. The zero-order valence-electron chi connectivity index (χ0n) is 9.82. The molecule has 1 aliphatic rings. The van der Waals surface area contributed by atoms with Gasteiger partial charge in [-0.15, -0.1) is 0 Å². The van der Waals surface area contributed by atoms with Gasteiger partial charge in [-0.1, -0.05) is 6.92 Å². The van der Waals surface area contributed by atoms with Gasteiger partial charge in [0.1, 0.15) is 5.82 Å². The minimum Gasteiger partial charge on any atom is -0.370 e. The zero-order valence-corrected chi connectivity index (χ0v) is 9.82. The average Bonchev–Trinajstić information content (AvgIpc) is 2.64. The first-order chi connectivity index (χ1) is 7.81. The lowest BCUT2D eigenvalue weighted by atomic mass is 10.2. The fraction of sp³-hybridized carbons (Fsp3) is 0.727. The summed E-state index contributed by atoms with van der Waals surface area (Å²) in [7, 11) is 0. The quantitative estimate of drug-likeness (QED) is 0.659. The van der Waals surface area contributed by atoms with Crippen LogP contribution in [0.4, 0.5) is 5.82 Å². The van der Waals surface area contributed by atoms with Crippen LogP contribution in [0.25, 0.3) is 0 Å². The van der Waals surface area contributed by atoms with Crippen molar-refractivity contribution in [3.63, 3.8) is 0 Å². The van der Waals surface area contributed by atoms with Crippen molar-refractivity contribution in [2.45, 2.75) is 31.8 Å². The first-order valence-electron chi connectivity index (χ1n) is 6.05. The van der Waals surface area contributed by atoms with Crippen LogP contribution in [0.5, 0.6) is 0 Å². The van der Waals surface area contributed by atoms with Crippen molar-refractivity contribution in [1.29, 1.82) is 0 Å². The highest BCUT2D eigenvalue weighted by atomic mass is 15.4. The van der Waals surface area contributed by atoms with E-state index in [9.17, 15) is 0 Å². The molecule has 0 spiro atoms. The monoisotopic (exact) mass is 223 g/mol. The third-order valence-corrected chi connectivity index (χ3v) is 3.12. The summed E-state index contributed by atoms with van der Waals surface area (Å²) in [6, 6.07) is 2.84. The van der Waals surface area contributed by atoms with Crippen LogP contribution in [0.1, 0.15) is 25.8 Å². The maximum atomic E-state index is 5.88. The maximum Gasteiger partial charge on any atom is 0.124 e. The summed E-state index contributed by atoms with van der Waals surface area (Å²) in [5, 5.41) is 11.0. The number of hydrogen-bond donors (Lipinski definition) is 3. The van der Waals surface area contributed by atoms with Gasteiger partial charge < -0.3 is 16.4 Å². The Bertz CT molecular complexity index is 318. The van der Waals surface area contributed by atoms with Crippen LogP contribution in [0, 0.1) is 0 Å². The summed E-state index contributed by atoms with van der Waals surface area (Å²) in [4.78, 5) is 0. The largest absolute Gasteiger partial charge is 0.370 e. The van der Waals surface area contributed by atoms with E-state index in [4.69, 9.17) is 5.73 Å². The van der Waals surface area contributed by atoms with Crippen LogP contribution < -0.4 is 16.4 Å². The molecule has 2 heterocycles. The molecule has 0 amide bonds. The molecule has 1 saturated heterocycles. The van der Waals surface area contributed by atoms with Gasteiger partial charge in [-0.05, 0) is 12.8 Å². The summed E-state index contributed by atoms with van der Waals surface area (Å²) < 4.78 is 2.06. The average molecular weight is 223 g/mol. The molecule has 1 fully saturated rings. The Morgan fingerprint density at radius 1 is 1.69 bits per heavy atom. The van der Waals surface area contributed by atoms with E-state index in [1.165, 1.54) is 0 Å². The molecule has 5 nitrogen and oxygen atoms in total. The topological polar surface area (TPSA) is 67.9 Å². The lowest BCUT2D eigenvalue weighted by molar-refractivity contribution is 0.321. The van der Waals surface area contributed by atoms with E-state index in [-0.39, 0.29) is 0 Å². The predicted molar refractivity (Wildman–Crippen MR) is 65.5 cm³/mol. The second-order valence-corrected chi connectivity index (χ2v) is 4.36. The Morgan fingerprint density at radius 3 is 3.12 bits per heavy atom. The van der Waals surface area contributed by atoms with Gasteiger partial charge in [-0.2, -0.15) is 5.10 Å². The molecular weight excluding hydrogens is 202 g/mol. The molecule has 5 heteroatoms. The molecule has 1 aromatic heterocycles. The van der Waals surface area contributed by atoms with Crippen molar-refractivity contribution in [2.75, 3.05) is 25.0 Å². The van der Waals surface area contributed by atoms with E-state index in [0.717, 1.165) is 38.3 Å². The van der Waals surface area contributed by atoms with Gasteiger partial charge in [0.25, 0.3) is 0 Å². The number of nitrogens with one attached hydrogen (secondary N) is 2. The standard InChI is InChI=1S/C11H21N5/c1-2-9(12)3-5-14-11-4-6-15-16(11)10-7-13-8-10/h4,6,9-10,13-14H,2-3,5,7-8,12H2,1H3. The van der Waals surface area contributed by atoms with Crippen molar-refractivity contribution in [3.05, 3.63) is 12.3 Å². The summed E-state index contributed by atoms with van der Waals surface area (Å²) in [5.74, 6) is 1.11. The minimum absolute atomic E-state index is 0.300. The summed E-state index contributed by atoms with van der Waals surface area (Å²) in [5.41, 5.74) is 5.88. The van der Waals surface area contributed by atoms with Crippen LogP contribution >= 0.6 is 0 Å². The van der Waals surface area contributed by atoms with Gasteiger partial charge in [0.2, 0.25) is 0 Å². The highest BCUT2D eigenvalue weighted by Crippen LogP contribution is 2.17. The Kier molecular flexibility index (Phi) is 3.79. The van der Waals surface area contributed by atoms with Gasteiger partial charge in [-0.3, -0.25) is 0 Å². The van der Waals surface area contributed by atoms with Crippen molar-refractivity contribution in [1.82, 2.24) is 15.1 Å². The van der Waals surface area contributed by atoms with E-state index in [2.05, 4.69) is 27.3 Å². The van der Waals surface area contributed by atoms with Crippen LogP contribution in [0.15, 0.2) is 12.3 Å². The molecule has 0 bridgehead atoms. The van der Waals surface area contributed by atoms with Crippen LogP contribution in [0.2, 0.25) is 0 Å². The van der Waals surface area contributed by atoms with Crippen LogP contribution in [-0.2, 0) is 0 Å². The van der Waals surface area contributed by atoms with Crippen molar-refractivity contribution in [3.8, 4) is 0 Å². The van der Waals surface area contributed by atoms with E-state index >= 15 is 0 Å². The van der Waals surface area contributed by atoms with Gasteiger partial charge in [0, 0.05) is 31.7 Å². The summed E-state index contributed by atoms with van der Waals surface area (Å²) in [6.45, 7) is 5.07. The van der Waals surface area contributed by atoms with E-state index in [0.29, 0.717) is 12.1 Å². The molecule has 1 aromatic rings. The van der Waals surface area contributed by atoms with E-state index < -0.39 is 0 Å². The second kappa shape index (κ2) is 5.32. The molecule has 4 N–H and O–H groups in total. The fourth-order valence-electron chi connectivity index (χ4n) is 1.78. The number of hydrogen-bond acceptors (Lipinski definition) is 4. The number of anilines is 1. The summed E-state index contributed by atoms with van der Waals surface area (Å²) in [6.07, 6.45) is 3.89. The fourth-order valence-corrected chi connectivity index (χ4v) is 1.78. The normalized spacial score (nSPS) is 18.1. The van der Waals surface area contributed by atoms with Crippen molar-refractivity contribution < 1.29 is 0 Å². The molecule has 0 radical (unpaired) electrons. The third kappa shape index (κ3) is 2.54. The predicted octanol–water partition coefficient (Wildman–Crippen LogP) is 0.567. The SMILES string of the molecule is CCC(N)CCNc1ccnn1C1CNC1. The van der Waals surface area contributed by atoms with Crippen LogP contribution in [-0.4, -0.2) is 35.5 Å². The summed E-state index contributed by atoms with van der Waals surface area (Å²) >= 11 is 0. The first-order valence-corrected chi connectivity index (χ1v) is 6.05. The van der Waals surface area contributed by atoms with Crippen molar-refractivity contribution >= 4 is 5.82 Å². The Hall–Kier alpha value is -1.07. The molecule has 0 saturated carbocycles. The Labute approximate surface area is 96.4 Å². The molecule has 1 atom stereocenters. The lowest BCUT2D eigenvalue weighted by Crippen LogP contribution is -2.44. The van der Waals surface area contributed by atoms with Crippen LogP contribution in [0.3, 0.4) is 0 Å². The number of nitrogens with zero attached hydrogens (tertiary/aromatic N) is 2. The smallest absolute Gasteiger partial charge is 0.124 e. The molecule has 1 aliphatic heterocycles. The highest BCUT2D eigenvalue weighted by molar-refractivity contribution is 5.34. The second-order valence-electron chi connectivity index (χ2n) is 4.36. The van der Waals surface area contributed by atoms with Gasteiger partial charge in [-0.25, -0.2) is 4.68 Å².